The van der Waals surface area contributed by atoms with E-state index in [4.69, 9.17) is 9.97 Å². The van der Waals surface area contributed by atoms with Crippen molar-refractivity contribution in [1.82, 2.24) is 14.5 Å². The molecule has 242 valence electrons. The van der Waals surface area contributed by atoms with Crippen molar-refractivity contribution in [3.8, 4) is 67.5 Å². The number of para-hydroxylation sites is 3. The third-order valence-corrected chi connectivity index (χ3v) is 9.41. The Bertz CT molecular complexity index is 2700. The lowest BCUT2D eigenvalue weighted by Gasteiger charge is -2.13. The highest BCUT2D eigenvalue weighted by atomic mass is 19.1. The Morgan fingerprint density at radius 3 is 1.96 bits per heavy atom. The van der Waals surface area contributed by atoms with Crippen LogP contribution >= 0.6 is 0 Å². The lowest BCUT2D eigenvalue weighted by Crippen LogP contribution is -1.95. The molecule has 1 N–H and O–H groups in total. The summed E-state index contributed by atoms with van der Waals surface area (Å²) in [5.41, 5.74) is 11.1. The monoisotopic (exact) mass is 659 g/mol. The van der Waals surface area contributed by atoms with Crippen molar-refractivity contribution in [3.63, 3.8) is 0 Å². The number of fused-ring (bicyclic) bond motifs is 3. The van der Waals surface area contributed by atoms with Gasteiger partial charge in [-0.1, -0.05) is 109 Å². The SMILES string of the molecule is Oc1cccc(F)c1-c1cc(-c2ccccc2)cc(-c2cccc(-c3cc(-c4cccc5c6ccccc6n(-c6ccccc6)c45)ccn3)c2)n1. The molecule has 6 aromatic carbocycles. The lowest BCUT2D eigenvalue weighted by atomic mass is 9.97. The fraction of sp³-hybridized carbons (Fsp3) is 0. The Labute approximate surface area is 294 Å². The molecule has 9 rings (SSSR count). The van der Waals surface area contributed by atoms with Gasteiger partial charge in [-0.15, -0.1) is 0 Å². The van der Waals surface area contributed by atoms with Crippen LogP contribution in [0.5, 0.6) is 5.75 Å². The zero-order valence-electron chi connectivity index (χ0n) is 27.4. The van der Waals surface area contributed by atoms with Crippen molar-refractivity contribution in [3.05, 3.63) is 182 Å². The van der Waals surface area contributed by atoms with Gasteiger partial charge in [0.1, 0.15) is 11.6 Å². The molecular weight excluding hydrogens is 630 g/mol. The maximum absolute atomic E-state index is 15.1. The molecule has 0 atom stereocenters. The first kappa shape index (κ1) is 30.2. The molecule has 51 heavy (non-hydrogen) atoms. The van der Waals surface area contributed by atoms with E-state index in [0.717, 1.165) is 55.8 Å². The number of aromatic hydroxyl groups is 1. The van der Waals surface area contributed by atoms with Crippen LogP contribution in [-0.2, 0) is 0 Å². The molecule has 0 bridgehead atoms. The van der Waals surface area contributed by atoms with Crippen LogP contribution in [0.2, 0.25) is 0 Å². The second-order valence-corrected chi connectivity index (χ2v) is 12.5. The number of nitrogens with zero attached hydrogens (tertiary/aromatic N) is 3. The molecule has 3 aromatic heterocycles. The van der Waals surface area contributed by atoms with Crippen molar-refractivity contribution in [2.45, 2.75) is 0 Å². The van der Waals surface area contributed by atoms with E-state index in [1.807, 2.05) is 72.9 Å². The predicted octanol–water partition coefficient (Wildman–Crippen LogP) is 11.8. The highest BCUT2D eigenvalue weighted by Gasteiger charge is 2.18. The third kappa shape index (κ3) is 5.42. The number of aromatic nitrogens is 3. The molecule has 0 aliphatic rings. The van der Waals surface area contributed by atoms with Gasteiger partial charge in [0.15, 0.2) is 0 Å². The minimum atomic E-state index is -0.533. The van der Waals surface area contributed by atoms with E-state index in [2.05, 4.69) is 89.5 Å². The van der Waals surface area contributed by atoms with E-state index in [0.29, 0.717) is 11.4 Å². The Morgan fingerprint density at radius 1 is 0.490 bits per heavy atom. The molecule has 0 aliphatic carbocycles. The van der Waals surface area contributed by atoms with Crippen LogP contribution < -0.4 is 0 Å². The smallest absolute Gasteiger partial charge is 0.136 e. The van der Waals surface area contributed by atoms with Gasteiger partial charge in [-0.2, -0.15) is 0 Å². The van der Waals surface area contributed by atoms with Crippen molar-refractivity contribution < 1.29 is 9.50 Å². The van der Waals surface area contributed by atoms with Crippen LogP contribution in [0.25, 0.3) is 83.5 Å². The van der Waals surface area contributed by atoms with E-state index in [1.165, 1.54) is 29.0 Å². The topological polar surface area (TPSA) is 50.9 Å². The molecule has 0 spiro atoms. The summed E-state index contributed by atoms with van der Waals surface area (Å²) in [7, 11) is 0. The van der Waals surface area contributed by atoms with Crippen LogP contribution in [0.4, 0.5) is 4.39 Å². The summed E-state index contributed by atoms with van der Waals surface area (Å²) >= 11 is 0. The third-order valence-electron chi connectivity index (χ3n) is 9.41. The summed E-state index contributed by atoms with van der Waals surface area (Å²) in [6.07, 6.45) is 1.86. The van der Waals surface area contributed by atoms with Gasteiger partial charge in [0.25, 0.3) is 0 Å². The summed E-state index contributed by atoms with van der Waals surface area (Å²) in [5, 5.41) is 13.1. The largest absolute Gasteiger partial charge is 0.507 e. The average molecular weight is 660 g/mol. The summed E-state index contributed by atoms with van der Waals surface area (Å²) in [4.78, 5) is 9.71. The quantitative estimate of drug-likeness (QED) is 0.193. The Hall–Kier alpha value is -6.85. The molecule has 0 radical (unpaired) electrons. The van der Waals surface area contributed by atoms with Crippen molar-refractivity contribution in [2.75, 3.05) is 0 Å². The van der Waals surface area contributed by atoms with Gasteiger partial charge in [0, 0.05) is 39.3 Å². The molecular formula is C46H30FN3O. The van der Waals surface area contributed by atoms with Crippen LogP contribution in [0, 0.1) is 5.82 Å². The van der Waals surface area contributed by atoms with Crippen molar-refractivity contribution >= 4 is 21.8 Å². The van der Waals surface area contributed by atoms with Gasteiger partial charge in [-0.25, -0.2) is 9.37 Å². The van der Waals surface area contributed by atoms with Gasteiger partial charge in [-0.05, 0) is 77.4 Å². The molecule has 0 saturated carbocycles. The second kappa shape index (κ2) is 12.6. The molecule has 5 heteroatoms. The maximum atomic E-state index is 15.1. The van der Waals surface area contributed by atoms with Gasteiger partial charge >= 0.3 is 0 Å². The summed E-state index contributed by atoms with van der Waals surface area (Å²) in [6, 6.07) is 55.8. The molecule has 0 amide bonds. The first-order chi connectivity index (χ1) is 25.1. The number of rotatable bonds is 6. The number of halogens is 1. The molecule has 0 fully saturated rings. The number of benzene rings is 6. The van der Waals surface area contributed by atoms with E-state index in [9.17, 15) is 5.11 Å². The number of phenols is 1. The fourth-order valence-electron chi connectivity index (χ4n) is 7.06. The zero-order valence-corrected chi connectivity index (χ0v) is 27.4. The van der Waals surface area contributed by atoms with Crippen molar-refractivity contribution in [2.24, 2.45) is 0 Å². The van der Waals surface area contributed by atoms with Gasteiger partial charge in [-0.3, -0.25) is 4.98 Å². The van der Waals surface area contributed by atoms with Gasteiger partial charge in [0.2, 0.25) is 0 Å². The summed E-state index contributed by atoms with van der Waals surface area (Å²) in [6.45, 7) is 0. The van der Waals surface area contributed by atoms with E-state index < -0.39 is 5.82 Å². The first-order valence-corrected chi connectivity index (χ1v) is 16.8. The van der Waals surface area contributed by atoms with Crippen molar-refractivity contribution in [1.29, 1.82) is 0 Å². The maximum Gasteiger partial charge on any atom is 0.136 e. The molecule has 0 saturated heterocycles. The fourth-order valence-corrected chi connectivity index (χ4v) is 7.06. The summed E-state index contributed by atoms with van der Waals surface area (Å²) < 4.78 is 17.5. The summed E-state index contributed by atoms with van der Waals surface area (Å²) in [5.74, 6) is -0.690. The molecule has 4 nitrogen and oxygen atoms in total. The highest BCUT2D eigenvalue weighted by molar-refractivity contribution is 6.13. The lowest BCUT2D eigenvalue weighted by molar-refractivity contribution is 0.471. The highest BCUT2D eigenvalue weighted by Crippen LogP contribution is 2.40. The van der Waals surface area contributed by atoms with Crippen LogP contribution in [0.15, 0.2) is 176 Å². The molecule has 9 aromatic rings. The average Bonchev–Trinajstić information content (AvgIpc) is 3.53. The number of hydrogen-bond acceptors (Lipinski definition) is 3. The predicted molar refractivity (Wildman–Crippen MR) is 205 cm³/mol. The van der Waals surface area contributed by atoms with E-state index in [1.54, 1.807) is 0 Å². The normalized spacial score (nSPS) is 11.3. The van der Waals surface area contributed by atoms with Crippen LogP contribution in [0.3, 0.4) is 0 Å². The minimum absolute atomic E-state index is 0.0733. The van der Waals surface area contributed by atoms with Crippen LogP contribution in [-0.4, -0.2) is 19.6 Å². The van der Waals surface area contributed by atoms with Gasteiger partial charge in [0.05, 0.1) is 33.7 Å². The Morgan fingerprint density at radius 2 is 1.14 bits per heavy atom. The number of phenolic OH excluding ortho intramolecular Hbond substituents is 1. The first-order valence-electron chi connectivity index (χ1n) is 16.8. The minimum Gasteiger partial charge on any atom is -0.507 e. The van der Waals surface area contributed by atoms with Gasteiger partial charge < -0.3 is 9.67 Å². The zero-order chi connectivity index (χ0) is 34.3. The second-order valence-electron chi connectivity index (χ2n) is 12.5. The van der Waals surface area contributed by atoms with Crippen LogP contribution in [0.1, 0.15) is 0 Å². The number of pyridine rings is 2. The number of hydrogen-bond donors (Lipinski definition) is 1. The van der Waals surface area contributed by atoms with E-state index in [-0.39, 0.29) is 11.3 Å². The Balaban J connectivity index is 1.18. The molecule has 0 unspecified atom stereocenters. The molecule has 3 heterocycles. The van der Waals surface area contributed by atoms with E-state index >= 15 is 4.39 Å². The standard InChI is InChI=1S/C46H30FN3O/c47-39-21-11-23-44(51)45(39)42-29-34(30-12-3-1-4-13-30)28-41(49-42)33-15-9-14-32(26-33)40-27-31(24-25-48-40)36-19-10-20-38-37-18-7-8-22-43(37)50(46(36)38)35-16-5-2-6-17-35/h1-29,51H. The Kier molecular flexibility index (Phi) is 7.44. The molecule has 0 aliphatic heterocycles.